The minimum atomic E-state index is 0.902. The van der Waals surface area contributed by atoms with Gasteiger partial charge in [0.25, 0.3) is 0 Å². The second kappa shape index (κ2) is 10.2. The molecule has 0 unspecified atom stereocenters. The third-order valence-corrected chi connectivity index (χ3v) is 4.54. The summed E-state index contributed by atoms with van der Waals surface area (Å²) in [5, 5.41) is 0.902. The minimum absolute atomic E-state index is 0.902. The lowest BCUT2D eigenvalue weighted by molar-refractivity contribution is -0.903. The minimum Gasteiger partial charge on any atom is -0.325 e. The van der Waals surface area contributed by atoms with Gasteiger partial charge in [-0.15, -0.1) is 0 Å². The van der Waals surface area contributed by atoms with Crippen LogP contribution >= 0.6 is 11.6 Å². The smallest absolute Gasteiger partial charge is 0.105 e. The van der Waals surface area contributed by atoms with Gasteiger partial charge in [0.1, 0.15) is 6.54 Å². The fourth-order valence-corrected chi connectivity index (χ4v) is 3.04. The molecule has 0 aliphatic carbocycles. The zero-order valence-electron chi connectivity index (χ0n) is 14.2. The maximum atomic E-state index is 6.26. The monoisotopic (exact) mass is 310 g/mol. The van der Waals surface area contributed by atoms with Crippen LogP contribution in [0, 0.1) is 0 Å². The molecule has 0 bridgehead atoms. The molecule has 0 heterocycles. The van der Waals surface area contributed by atoms with Crippen LogP contribution in [0.15, 0.2) is 24.3 Å². The molecule has 2 heteroatoms. The molecular weight excluding hydrogens is 278 g/mol. The topological polar surface area (TPSA) is 0 Å². The van der Waals surface area contributed by atoms with E-state index >= 15 is 0 Å². The van der Waals surface area contributed by atoms with Gasteiger partial charge >= 0.3 is 0 Å². The summed E-state index contributed by atoms with van der Waals surface area (Å²) < 4.78 is 1.03. The Hall–Kier alpha value is -0.530. The molecule has 0 aliphatic rings. The summed E-state index contributed by atoms with van der Waals surface area (Å²) in [5.74, 6) is 0. The summed E-state index contributed by atoms with van der Waals surface area (Å²) in [6, 6.07) is 8.23. The number of quaternary nitrogens is 1. The molecule has 0 spiro atoms. The van der Waals surface area contributed by atoms with E-state index in [1.54, 1.807) is 0 Å². The Kier molecular flexibility index (Phi) is 9.03. The first-order valence-corrected chi connectivity index (χ1v) is 8.98. The normalized spacial score (nSPS) is 11.8. The fraction of sp³-hybridized carbons (Fsp3) is 0.684. The lowest BCUT2D eigenvalue weighted by Crippen LogP contribution is -2.39. The molecule has 1 rings (SSSR count). The van der Waals surface area contributed by atoms with E-state index in [-0.39, 0.29) is 0 Å². The average molecular weight is 311 g/mol. The largest absolute Gasteiger partial charge is 0.325 e. The molecule has 0 N–H and O–H groups in total. The van der Waals surface area contributed by atoms with Crippen molar-refractivity contribution in [2.24, 2.45) is 0 Å². The maximum Gasteiger partial charge on any atom is 0.105 e. The second-order valence-corrected chi connectivity index (χ2v) is 7.29. The van der Waals surface area contributed by atoms with E-state index < -0.39 is 0 Å². The number of hydrogen-bond donors (Lipinski definition) is 0. The zero-order valence-corrected chi connectivity index (χ0v) is 15.0. The number of rotatable bonds is 11. The van der Waals surface area contributed by atoms with Gasteiger partial charge in [-0.3, -0.25) is 0 Å². The van der Waals surface area contributed by atoms with E-state index in [2.05, 4.69) is 33.2 Å². The zero-order chi connectivity index (χ0) is 15.6. The highest BCUT2D eigenvalue weighted by atomic mass is 35.5. The lowest BCUT2D eigenvalue weighted by atomic mass is 10.1. The predicted octanol–water partition coefficient (Wildman–Crippen LogP) is 6.06. The standard InChI is InChI=1S/C19H33ClN/c1-4-5-6-7-8-9-10-13-16-21(2,3)17-18-14-11-12-15-19(18)20/h11-12,14-15H,4-10,13,16-17H2,1-3H3/q+1. The number of nitrogens with zero attached hydrogens (tertiary/aromatic N) is 1. The van der Waals surface area contributed by atoms with Crippen LogP contribution in [-0.4, -0.2) is 25.1 Å². The molecule has 1 nitrogen and oxygen atoms in total. The molecule has 1 aromatic carbocycles. The summed E-state index contributed by atoms with van der Waals surface area (Å²) in [5.41, 5.74) is 1.27. The SMILES string of the molecule is CCCCCCCCCC[N+](C)(C)Cc1ccccc1Cl. The highest BCUT2D eigenvalue weighted by Gasteiger charge is 2.16. The van der Waals surface area contributed by atoms with Crippen molar-refractivity contribution < 1.29 is 4.48 Å². The van der Waals surface area contributed by atoms with Crippen molar-refractivity contribution in [3.63, 3.8) is 0 Å². The quantitative estimate of drug-likeness (QED) is 0.344. The van der Waals surface area contributed by atoms with Crippen molar-refractivity contribution in [2.75, 3.05) is 20.6 Å². The Morgan fingerprint density at radius 1 is 0.857 bits per heavy atom. The molecule has 0 aromatic heterocycles. The van der Waals surface area contributed by atoms with E-state index in [1.165, 1.54) is 63.5 Å². The van der Waals surface area contributed by atoms with Crippen molar-refractivity contribution in [1.82, 2.24) is 0 Å². The summed E-state index contributed by atoms with van der Waals surface area (Å²) >= 11 is 6.26. The molecule has 1 aromatic rings. The van der Waals surface area contributed by atoms with Crippen LogP contribution in [0.3, 0.4) is 0 Å². The van der Waals surface area contributed by atoms with Gasteiger partial charge in [-0.25, -0.2) is 0 Å². The molecule has 0 saturated heterocycles. The van der Waals surface area contributed by atoms with Crippen molar-refractivity contribution in [2.45, 2.75) is 64.8 Å². The Morgan fingerprint density at radius 3 is 2.05 bits per heavy atom. The molecule has 0 aliphatic heterocycles. The van der Waals surface area contributed by atoms with Crippen LogP contribution in [0.5, 0.6) is 0 Å². The van der Waals surface area contributed by atoms with Gasteiger partial charge in [-0.1, -0.05) is 75.2 Å². The van der Waals surface area contributed by atoms with Crippen molar-refractivity contribution >= 4 is 11.6 Å². The van der Waals surface area contributed by atoms with Crippen LogP contribution in [0.2, 0.25) is 5.02 Å². The van der Waals surface area contributed by atoms with Crippen molar-refractivity contribution in [3.8, 4) is 0 Å². The number of unbranched alkanes of at least 4 members (excludes halogenated alkanes) is 7. The summed E-state index contributed by atoms with van der Waals surface area (Å²) in [7, 11) is 4.62. The first-order chi connectivity index (χ1) is 10.0. The highest BCUT2D eigenvalue weighted by Crippen LogP contribution is 2.20. The molecule has 120 valence electrons. The Morgan fingerprint density at radius 2 is 1.43 bits per heavy atom. The van der Waals surface area contributed by atoms with E-state index in [4.69, 9.17) is 11.6 Å². The van der Waals surface area contributed by atoms with E-state index in [0.717, 1.165) is 16.1 Å². The Bertz CT molecular complexity index is 387. The summed E-state index contributed by atoms with van der Waals surface area (Å²) in [6.45, 7) is 4.54. The summed E-state index contributed by atoms with van der Waals surface area (Å²) in [6.07, 6.45) is 11.1. The molecule has 0 atom stereocenters. The molecular formula is C19H33ClN+. The van der Waals surface area contributed by atoms with Gasteiger partial charge in [-0.05, 0) is 18.9 Å². The first-order valence-electron chi connectivity index (χ1n) is 8.60. The van der Waals surface area contributed by atoms with Crippen LogP contribution in [-0.2, 0) is 6.54 Å². The highest BCUT2D eigenvalue weighted by molar-refractivity contribution is 6.31. The van der Waals surface area contributed by atoms with Gasteiger partial charge in [0.2, 0.25) is 0 Å². The van der Waals surface area contributed by atoms with Gasteiger partial charge < -0.3 is 4.48 Å². The molecule has 0 fully saturated rings. The average Bonchev–Trinajstić information content (AvgIpc) is 2.44. The third-order valence-electron chi connectivity index (χ3n) is 4.17. The van der Waals surface area contributed by atoms with Crippen LogP contribution in [0.1, 0.15) is 63.9 Å². The number of halogens is 1. The third kappa shape index (κ3) is 8.48. The van der Waals surface area contributed by atoms with E-state index in [0.29, 0.717) is 0 Å². The van der Waals surface area contributed by atoms with Gasteiger partial charge in [0, 0.05) is 10.6 Å². The summed E-state index contributed by atoms with van der Waals surface area (Å²) in [4.78, 5) is 0. The Labute approximate surface area is 136 Å². The van der Waals surface area contributed by atoms with Gasteiger partial charge in [-0.2, -0.15) is 0 Å². The fourth-order valence-electron chi connectivity index (χ4n) is 2.84. The molecule has 0 saturated carbocycles. The molecule has 21 heavy (non-hydrogen) atoms. The van der Waals surface area contributed by atoms with E-state index in [9.17, 15) is 0 Å². The molecule has 0 amide bonds. The lowest BCUT2D eigenvalue weighted by Gasteiger charge is -2.30. The van der Waals surface area contributed by atoms with Crippen LogP contribution in [0.25, 0.3) is 0 Å². The number of hydrogen-bond acceptors (Lipinski definition) is 0. The first kappa shape index (κ1) is 18.5. The predicted molar refractivity (Wildman–Crippen MR) is 94.7 cm³/mol. The van der Waals surface area contributed by atoms with Gasteiger partial charge in [0.05, 0.1) is 20.6 Å². The van der Waals surface area contributed by atoms with Crippen LogP contribution in [0.4, 0.5) is 0 Å². The maximum absolute atomic E-state index is 6.26. The second-order valence-electron chi connectivity index (χ2n) is 6.88. The van der Waals surface area contributed by atoms with E-state index in [1.807, 2.05) is 12.1 Å². The molecule has 0 radical (unpaired) electrons. The van der Waals surface area contributed by atoms with Crippen LogP contribution < -0.4 is 0 Å². The Balaban J connectivity index is 2.17. The van der Waals surface area contributed by atoms with Gasteiger partial charge in [0.15, 0.2) is 0 Å². The van der Waals surface area contributed by atoms with Crippen molar-refractivity contribution in [3.05, 3.63) is 34.9 Å². The van der Waals surface area contributed by atoms with Crippen molar-refractivity contribution in [1.29, 1.82) is 0 Å². The number of benzene rings is 1.